The fraction of sp³-hybridized carbons (Fsp3) is 0.238. The highest BCUT2D eigenvalue weighted by Gasteiger charge is 2.01. The average Bonchev–Trinajstić information content (AvgIpc) is 3.18. The van der Waals surface area contributed by atoms with E-state index < -0.39 is 0 Å². The van der Waals surface area contributed by atoms with Crippen LogP contribution in [-0.4, -0.2) is 29.3 Å². The summed E-state index contributed by atoms with van der Waals surface area (Å²) < 4.78 is 1.93. The number of aliphatic imine (C=N–C) groups is 1. The lowest BCUT2D eigenvalue weighted by molar-refractivity contribution is 0.685. The fourth-order valence-corrected chi connectivity index (χ4v) is 2.80. The molecule has 0 radical (unpaired) electrons. The van der Waals surface area contributed by atoms with E-state index in [1.165, 1.54) is 16.7 Å². The van der Waals surface area contributed by atoms with Crippen LogP contribution in [0.4, 0.5) is 0 Å². The highest BCUT2D eigenvalue weighted by Crippen LogP contribution is 2.07. The third kappa shape index (κ3) is 5.48. The minimum atomic E-state index is 0.734. The van der Waals surface area contributed by atoms with Crippen LogP contribution in [-0.2, 0) is 19.5 Å². The number of rotatable bonds is 7. The van der Waals surface area contributed by atoms with Gasteiger partial charge >= 0.3 is 0 Å². The Labute approximate surface area is 154 Å². The van der Waals surface area contributed by atoms with E-state index in [1.54, 1.807) is 13.2 Å². The second-order valence-electron chi connectivity index (χ2n) is 6.11. The number of nitrogens with one attached hydrogen (secondary N) is 2. The Hall–Kier alpha value is -3.08. The maximum Gasteiger partial charge on any atom is 0.191 e. The van der Waals surface area contributed by atoms with Crippen molar-refractivity contribution in [3.8, 4) is 0 Å². The summed E-state index contributed by atoms with van der Waals surface area (Å²) in [5, 5.41) is 11.0. The first-order valence-corrected chi connectivity index (χ1v) is 8.87. The number of benzene rings is 2. The van der Waals surface area contributed by atoms with Gasteiger partial charge in [-0.25, -0.2) is 0 Å². The molecule has 0 saturated heterocycles. The van der Waals surface area contributed by atoms with Gasteiger partial charge in [0.25, 0.3) is 0 Å². The normalized spacial score (nSPS) is 11.3. The first kappa shape index (κ1) is 17.7. The molecule has 1 heterocycles. The van der Waals surface area contributed by atoms with Gasteiger partial charge in [-0.1, -0.05) is 54.6 Å². The van der Waals surface area contributed by atoms with Crippen LogP contribution in [0.5, 0.6) is 0 Å². The second-order valence-corrected chi connectivity index (χ2v) is 6.11. The van der Waals surface area contributed by atoms with E-state index in [9.17, 15) is 0 Å². The molecule has 0 atom stereocenters. The molecule has 0 saturated carbocycles. The minimum absolute atomic E-state index is 0.734. The molecule has 0 aliphatic carbocycles. The summed E-state index contributed by atoms with van der Waals surface area (Å²) in [5.74, 6) is 0.818. The standard InChI is InChI=1S/C21H25N5/c1-22-21(23-13-11-18-7-3-2-4-8-18)24-16-19-9-5-10-20(15-19)17-26-14-6-12-25-26/h2-10,12,14-15H,11,13,16-17H2,1H3,(H2,22,23,24). The van der Waals surface area contributed by atoms with Gasteiger partial charge in [-0.3, -0.25) is 9.67 Å². The highest BCUT2D eigenvalue weighted by molar-refractivity contribution is 5.79. The summed E-state index contributed by atoms with van der Waals surface area (Å²) in [6.45, 7) is 2.37. The van der Waals surface area contributed by atoms with Crippen molar-refractivity contribution in [2.24, 2.45) is 4.99 Å². The van der Waals surface area contributed by atoms with Crippen molar-refractivity contribution in [2.75, 3.05) is 13.6 Å². The molecule has 3 aromatic rings. The summed E-state index contributed by atoms with van der Waals surface area (Å²) in [6, 6.07) is 20.9. The Morgan fingerprint density at radius 2 is 1.77 bits per heavy atom. The van der Waals surface area contributed by atoms with Gasteiger partial charge in [0, 0.05) is 32.5 Å². The zero-order valence-electron chi connectivity index (χ0n) is 15.1. The molecule has 0 spiro atoms. The van der Waals surface area contributed by atoms with Crippen molar-refractivity contribution in [3.63, 3.8) is 0 Å². The zero-order chi connectivity index (χ0) is 18.0. The second kappa shape index (κ2) is 9.42. The molecule has 5 nitrogen and oxygen atoms in total. The average molecular weight is 347 g/mol. The Balaban J connectivity index is 1.47. The van der Waals surface area contributed by atoms with Crippen LogP contribution in [0.1, 0.15) is 16.7 Å². The molecule has 5 heteroatoms. The maximum absolute atomic E-state index is 4.30. The molecule has 3 rings (SSSR count). The fourth-order valence-electron chi connectivity index (χ4n) is 2.80. The van der Waals surface area contributed by atoms with Gasteiger partial charge in [0.15, 0.2) is 5.96 Å². The van der Waals surface area contributed by atoms with Crippen LogP contribution in [0, 0.1) is 0 Å². The van der Waals surface area contributed by atoms with E-state index in [-0.39, 0.29) is 0 Å². The van der Waals surface area contributed by atoms with E-state index in [4.69, 9.17) is 0 Å². The largest absolute Gasteiger partial charge is 0.356 e. The van der Waals surface area contributed by atoms with Crippen molar-refractivity contribution < 1.29 is 0 Å². The molecule has 2 aromatic carbocycles. The Bertz CT molecular complexity index is 809. The molecular weight excluding hydrogens is 322 g/mol. The van der Waals surface area contributed by atoms with Crippen molar-refractivity contribution in [1.82, 2.24) is 20.4 Å². The summed E-state index contributed by atoms with van der Waals surface area (Å²) in [4.78, 5) is 4.30. The molecule has 2 N–H and O–H groups in total. The van der Waals surface area contributed by atoms with Crippen LogP contribution in [0.25, 0.3) is 0 Å². The van der Waals surface area contributed by atoms with Gasteiger partial charge in [-0.05, 0) is 29.2 Å². The summed E-state index contributed by atoms with van der Waals surface area (Å²) in [7, 11) is 1.80. The number of aromatic nitrogens is 2. The Morgan fingerprint density at radius 1 is 0.962 bits per heavy atom. The minimum Gasteiger partial charge on any atom is -0.356 e. The molecular formula is C21H25N5. The Morgan fingerprint density at radius 3 is 2.54 bits per heavy atom. The highest BCUT2D eigenvalue weighted by atomic mass is 15.3. The van der Waals surface area contributed by atoms with Crippen LogP contribution >= 0.6 is 0 Å². The van der Waals surface area contributed by atoms with Crippen molar-refractivity contribution in [3.05, 3.63) is 89.7 Å². The SMILES string of the molecule is CN=C(NCCc1ccccc1)NCc1cccc(Cn2cccn2)c1. The third-order valence-electron chi connectivity index (χ3n) is 4.13. The number of hydrogen-bond donors (Lipinski definition) is 2. The summed E-state index contributed by atoms with van der Waals surface area (Å²) in [5.41, 5.74) is 3.78. The van der Waals surface area contributed by atoms with Gasteiger partial charge in [-0.15, -0.1) is 0 Å². The van der Waals surface area contributed by atoms with Crippen LogP contribution < -0.4 is 10.6 Å². The topological polar surface area (TPSA) is 54.2 Å². The predicted octanol–water partition coefficient (Wildman–Crippen LogP) is 2.84. The molecule has 0 fully saturated rings. The molecule has 0 amide bonds. The van der Waals surface area contributed by atoms with Gasteiger partial charge < -0.3 is 10.6 Å². The van der Waals surface area contributed by atoms with E-state index >= 15 is 0 Å². The number of nitrogens with zero attached hydrogens (tertiary/aromatic N) is 3. The molecule has 0 aliphatic rings. The van der Waals surface area contributed by atoms with E-state index in [1.807, 2.05) is 23.0 Å². The Kier molecular flexibility index (Phi) is 6.42. The van der Waals surface area contributed by atoms with Crippen molar-refractivity contribution in [1.29, 1.82) is 0 Å². The van der Waals surface area contributed by atoms with Crippen LogP contribution in [0.3, 0.4) is 0 Å². The molecule has 0 bridgehead atoms. The lowest BCUT2D eigenvalue weighted by Crippen LogP contribution is -2.37. The molecule has 0 unspecified atom stereocenters. The smallest absolute Gasteiger partial charge is 0.191 e. The van der Waals surface area contributed by atoms with Gasteiger partial charge in [0.2, 0.25) is 0 Å². The van der Waals surface area contributed by atoms with Gasteiger partial charge in [0.05, 0.1) is 6.54 Å². The monoisotopic (exact) mass is 347 g/mol. The molecule has 26 heavy (non-hydrogen) atoms. The lowest BCUT2D eigenvalue weighted by Gasteiger charge is -2.12. The lowest BCUT2D eigenvalue weighted by atomic mass is 10.1. The quantitative estimate of drug-likeness (QED) is 0.510. The number of guanidine groups is 1. The molecule has 0 aliphatic heterocycles. The van der Waals surface area contributed by atoms with Crippen molar-refractivity contribution in [2.45, 2.75) is 19.5 Å². The van der Waals surface area contributed by atoms with Crippen LogP contribution in [0.15, 0.2) is 78.0 Å². The molecule has 1 aromatic heterocycles. The maximum atomic E-state index is 4.30. The first-order valence-electron chi connectivity index (χ1n) is 8.87. The van der Waals surface area contributed by atoms with Crippen LogP contribution in [0.2, 0.25) is 0 Å². The summed E-state index contributed by atoms with van der Waals surface area (Å²) in [6.07, 6.45) is 4.75. The van der Waals surface area contributed by atoms with E-state index in [2.05, 4.69) is 69.3 Å². The zero-order valence-corrected chi connectivity index (χ0v) is 15.1. The molecule has 134 valence electrons. The van der Waals surface area contributed by atoms with Gasteiger partial charge in [0.1, 0.15) is 0 Å². The van der Waals surface area contributed by atoms with E-state index in [0.29, 0.717) is 0 Å². The van der Waals surface area contributed by atoms with E-state index in [0.717, 1.165) is 32.0 Å². The predicted molar refractivity (Wildman–Crippen MR) is 106 cm³/mol. The van der Waals surface area contributed by atoms with Crippen molar-refractivity contribution >= 4 is 5.96 Å². The third-order valence-corrected chi connectivity index (χ3v) is 4.13. The van der Waals surface area contributed by atoms with Gasteiger partial charge in [-0.2, -0.15) is 5.10 Å². The summed E-state index contributed by atoms with van der Waals surface area (Å²) >= 11 is 0. The first-order chi connectivity index (χ1) is 12.8. The number of hydrogen-bond acceptors (Lipinski definition) is 2.